The summed E-state index contributed by atoms with van der Waals surface area (Å²) in [4.78, 5) is 21.2. The number of piperazine rings is 1. The maximum atomic E-state index is 5.70. The van der Waals surface area contributed by atoms with Crippen molar-refractivity contribution >= 4 is 28.7 Å². The molecule has 0 atom stereocenters. The second-order valence-corrected chi connectivity index (χ2v) is 9.52. The number of nitrogens with one attached hydrogen (secondary N) is 2. The monoisotopic (exact) mass is 472 g/mol. The normalized spacial score (nSPS) is 17.8. The van der Waals surface area contributed by atoms with Crippen LogP contribution in [0.1, 0.15) is 16.8 Å². The lowest BCUT2D eigenvalue weighted by Gasteiger charge is -2.34. The van der Waals surface area contributed by atoms with E-state index in [0.29, 0.717) is 18.4 Å². The summed E-state index contributed by atoms with van der Waals surface area (Å²) in [5.74, 6) is 1.33. The molecule has 1 saturated heterocycles. The number of hydrogen-bond acceptors (Lipinski definition) is 9. The van der Waals surface area contributed by atoms with Gasteiger partial charge in [0.2, 0.25) is 11.8 Å². The Bertz CT molecular complexity index is 1210. The number of anilines is 5. The number of ether oxygens (including phenoxy) is 1. The Morgan fingerprint density at radius 3 is 2.63 bits per heavy atom. The third kappa shape index (κ3) is 4.43. The molecule has 6 rings (SSSR count). The molecule has 182 valence electrons. The van der Waals surface area contributed by atoms with E-state index in [1.54, 1.807) is 0 Å². The van der Waals surface area contributed by atoms with Crippen LogP contribution in [0.15, 0.2) is 36.7 Å². The summed E-state index contributed by atoms with van der Waals surface area (Å²) in [6, 6.07) is 8.58. The first-order valence-electron chi connectivity index (χ1n) is 12.4. The van der Waals surface area contributed by atoms with E-state index in [4.69, 9.17) is 9.72 Å². The molecule has 1 fully saturated rings. The van der Waals surface area contributed by atoms with Gasteiger partial charge in [-0.15, -0.1) is 0 Å². The van der Waals surface area contributed by atoms with Gasteiger partial charge in [-0.1, -0.05) is 0 Å². The lowest BCUT2D eigenvalue weighted by Crippen LogP contribution is -2.44. The smallest absolute Gasteiger partial charge is 0.237 e. The number of likely N-dealkylation sites (N-methyl/N-ethyl adjacent to an activating group) is 1. The van der Waals surface area contributed by atoms with Crippen LogP contribution in [0.4, 0.5) is 28.7 Å². The summed E-state index contributed by atoms with van der Waals surface area (Å²) in [5.41, 5.74) is 7.83. The Morgan fingerprint density at radius 1 is 0.971 bits per heavy atom. The topological polar surface area (TPSA) is 81.7 Å². The average Bonchev–Trinajstić information content (AvgIpc) is 2.90. The molecule has 1 aromatic carbocycles. The summed E-state index contributed by atoms with van der Waals surface area (Å²) in [7, 11) is 2.18. The third-order valence-electron chi connectivity index (χ3n) is 7.20. The first-order valence-corrected chi connectivity index (χ1v) is 12.4. The molecule has 35 heavy (non-hydrogen) atoms. The number of benzene rings is 1. The number of nitrogens with zero attached hydrogens (tertiary/aromatic N) is 6. The van der Waals surface area contributed by atoms with Gasteiger partial charge in [0.1, 0.15) is 12.3 Å². The number of rotatable bonds is 4. The Morgan fingerprint density at radius 2 is 1.80 bits per heavy atom. The van der Waals surface area contributed by atoms with E-state index < -0.39 is 0 Å². The summed E-state index contributed by atoms with van der Waals surface area (Å²) in [6.45, 7) is 9.58. The standard InChI is InChI=1S/C26H32N8O/c1-18-23(16-28-25-24(18)27-8-14-35-25)34-9-7-19-15-29-26(31-22(19)17-34)30-20-3-5-21(6-4-20)33-12-10-32(2)11-13-33/h3-6,15-16,27H,7-14,17H2,1-2H3,(H,29,30,31). The Balaban J connectivity index is 1.16. The fraction of sp³-hybridized carbons (Fsp3) is 0.423. The molecule has 3 aliphatic rings. The zero-order chi connectivity index (χ0) is 23.8. The number of pyridine rings is 1. The van der Waals surface area contributed by atoms with Crippen LogP contribution in [0.25, 0.3) is 0 Å². The maximum absolute atomic E-state index is 5.70. The highest BCUT2D eigenvalue weighted by atomic mass is 16.5. The van der Waals surface area contributed by atoms with Crippen molar-refractivity contribution in [1.29, 1.82) is 0 Å². The fourth-order valence-electron chi connectivity index (χ4n) is 5.05. The maximum Gasteiger partial charge on any atom is 0.237 e. The molecule has 5 heterocycles. The van der Waals surface area contributed by atoms with E-state index in [9.17, 15) is 0 Å². The van der Waals surface area contributed by atoms with E-state index in [0.717, 1.165) is 75.0 Å². The van der Waals surface area contributed by atoms with Gasteiger partial charge < -0.3 is 30.1 Å². The van der Waals surface area contributed by atoms with E-state index in [-0.39, 0.29) is 0 Å². The minimum absolute atomic E-state index is 0.633. The highest BCUT2D eigenvalue weighted by Gasteiger charge is 2.24. The molecule has 2 aromatic heterocycles. The first-order chi connectivity index (χ1) is 17.1. The minimum Gasteiger partial charge on any atom is -0.474 e. The molecule has 0 saturated carbocycles. The molecule has 0 bridgehead atoms. The molecule has 2 N–H and O–H groups in total. The molecular formula is C26H32N8O. The van der Waals surface area contributed by atoms with Crippen molar-refractivity contribution in [2.24, 2.45) is 0 Å². The van der Waals surface area contributed by atoms with E-state index in [2.05, 4.69) is 73.5 Å². The summed E-state index contributed by atoms with van der Waals surface area (Å²) < 4.78 is 5.70. The molecule has 0 unspecified atom stereocenters. The quantitative estimate of drug-likeness (QED) is 0.595. The van der Waals surface area contributed by atoms with Crippen LogP contribution in [-0.4, -0.2) is 72.8 Å². The lowest BCUT2D eigenvalue weighted by molar-refractivity contribution is 0.310. The van der Waals surface area contributed by atoms with Crippen LogP contribution in [0.3, 0.4) is 0 Å². The second-order valence-electron chi connectivity index (χ2n) is 9.52. The zero-order valence-corrected chi connectivity index (χ0v) is 20.4. The van der Waals surface area contributed by atoms with Crippen molar-refractivity contribution < 1.29 is 4.74 Å². The predicted octanol–water partition coefficient (Wildman–Crippen LogP) is 3.04. The van der Waals surface area contributed by atoms with Crippen molar-refractivity contribution in [1.82, 2.24) is 19.9 Å². The summed E-state index contributed by atoms with van der Waals surface area (Å²) in [6.07, 6.45) is 4.80. The molecule has 3 aromatic rings. The Hall–Kier alpha value is -3.59. The molecule has 0 amide bonds. The van der Waals surface area contributed by atoms with Crippen LogP contribution >= 0.6 is 0 Å². The van der Waals surface area contributed by atoms with E-state index >= 15 is 0 Å². The number of aromatic nitrogens is 3. The van der Waals surface area contributed by atoms with Crippen LogP contribution < -0.4 is 25.2 Å². The highest BCUT2D eigenvalue weighted by Crippen LogP contribution is 2.36. The van der Waals surface area contributed by atoms with Gasteiger partial charge in [0.25, 0.3) is 0 Å². The lowest BCUT2D eigenvalue weighted by atomic mass is 10.0. The van der Waals surface area contributed by atoms with E-state index in [1.165, 1.54) is 16.8 Å². The fourth-order valence-corrected chi connectivity index (χ4v) is 5.05. The zero-order valence-electron chi connectivity index (χ0n) is 20.4. The van der Waals surface area contributed by atoms with Crippen molar-refractivity contribution in [2.75, 3.05) is 73.4 Å². The van der Waals surface area contributed by atoms with Crippen LogP contribution in [-0.2, 0) is 13.0 Å². The van der Waals surface area contributed by atoms with Crippen LogP contribution in [0.5, 0.6) is 5.88 Å². The molecule has 0 aliphatic carbocycles. The van der Waals surface area contributed by atoms with E-state index in [1.807, 2.05) is 12.4 Å². The minimum atomic E-state index is 0.633. The SMILES string of the molecule is Cc1c(N2CCc3cnc(Nc4ccc(N5CCN(C)CC5)cc4)nc3C2)cnc2c1NCCO2. The number of hydrogen-bond donors (Lipinski definition) is 2. The van der Waals surface area contributed by atoms with Crippen molar-refractivity contribution in [3.8, 4) is 5.88 Å². The Kier molecular flexibility index (Phi) is 5.77. The highest BCUT2D eigenvalue weighted by molar-refractivity contribution is 5.70. The van der Waals surface area contributed by atoms with Gasteiger partial charge in [-0.3, -0.25) is 0 Å². The van der Waals surface area contributed by atoms with Gasteiger partial charge >= 0.3 is 0 Å². The van der Waals surface area contributed by atoms with Gasteiger partial charge in [0, 0.05) is 62.4 Å². The largest absolute Gasteiger partial charge is 0.474 e. The van der Waals surface area contributed by atoms with Gasteiger partial charge in [-0.25, -0.2) is 15.0 Å². The van der Waals surface area contributed by atoms with Gasteiger partial charge in [-0.05, 0) is 50.2 Å². The third-order valence-corrected chi connectivity index (χ3v) is 7.20. The molecule has 3 aliphatic heterocycles. The molecule has 9 heteroatoms. The average molecular weight is 473 g/mol. The van der Waals surface area contributed by atoms with Gasteiger partial charge in [-0.2, -0.15) is 0 Å². The number of fused-ring (bicyclic) bond motifs is 2. The van der Waals surface area contributed by atoms with Crippen LogP contribution in [0.2, 0.25) is 0 Å². The Labute approximate surface area is 206 Å². The van der Waals surface area contributed by atoms with Gasteiger partial charge in [0.15, 0.2) is 0 Å². The molecule has 0 spiro atoms. The van der Waals surface area contributed by atoms with Gasteiger partial charge in [0.05, 0.1) is 24.1 Å². The van der Waals surface area contributed by atoms with Crippen LogP contribution in [0, 0.1) is 6.92 Å². The van der Waals surface area contributed by atoms with Crippen molar-refractivity contribution in [3.05, 3.63) is 53.5 Å². The predicted molar refractivity (Wildman–Crippen MR) is 139 cm³/mol. The summed E-state index contributed by atoms with van der Waals surface area (Å²) in [5, 5.41) is 6.83. The second kappa shape index (κ2) is 9.22. The molecule has 0 radical (unpaired) electrons. The van der Waals surface area contributed by atoms with Crippen molar-refractivity contribution in [3.63, 3.8) is 0 Å². The summed E-state index contributed by atoms with van der Waals surface area (Å²) >= 11 is 0. The van der Waals surface area contributed by atoms with Crippen molar-refractivity contribution in [2.45, 2.75) is 19.9 Å². The molecular weight excluding hydrogens is 440 g/mol. The first kappa shape index (κ1) is 21.9. The molecule has 9 nitrogen and oxygen atoms in total.